The first-order chi connectivity index (χ1) is 14.4. The van der Waals surface area contributed by atoms with E-state index in [-0.39, 0.29) is 18.4 Å². The second kappa shape index (κ2) is 10.4. The van der Waals surface area contributed by atoms with E-state index in [4.69, 9.17) is 9.47 Å². The number of rotatable bonds is 7. The maximum atomic E-state index is 12.5. The predicted octanol–water partition coefficient (Wildman–Crippen LogP) is 3.15. The van der Waals surface area contributed by atoms with Crippen LogP contribution in [0.3, 0.4) is 0 Å². The van der Waals surface area contributed by atoms with Gasteiger partial charge in [0.1, 0.15) is 5.75 Å². The van der Waals surface area contributed by atoms with Crippen LogP contribution in [0.5, 0.6) is 5.75 Å². The number of carbonyl (C=O) groups excluding carboxylic acids is 2. The smallest absolute Gasteiger partial charge is 0.263 e. The van der Waals surface area contributed by atoms with Gasteiger partial charge in [-0.05, 0) is 55.5 Å². The molecule has 2 aromatic rings. The van der Waals surface area contributed by atoms with Gasteiger partial charge in [-0.2, -0.15) is 0 Å². The van der Waals surface area contributed by atoms with Crippen molar-refractivity contribution in [3.63, 3.8) is 0 Å². The summed E-state index contributed by atoms with van der Waals surface area (Å²) in [5.41, 5.74) is 1.79. The van der Waals surface area contributed by atoms with Crippen molar-refractivity contribution in [3.8, 4) is 5.75 Å². The quantitative estimate of drug-likeness (QED) is 0.665. The van der Waals surface area contributed by atoms with Gasteiger partial charge in [-0.15, -0.1) is 0 Å². The minimum atomic E-state index is -0.697. The number of anilines is 2. The molecule has 30 heavy (non-hydrogen) atoms. The molecule has 1 atom stereocenters. The zero-order chi connectivity index (χ0) is 21.5. The van der Waals surface area contributed by atoms with E-state index >= 15 is 0 Å². The van der Waals surface area contributed by atoms with Gasteiger partial charge in [-0.25, -0.2) is 0 Å². The molecule has 1 aliphatic heterocycles. The Hall–Kier alpha value is -2.58. The lowest BCUT2D eigenvalue weighted by Crippen LogP contribution is -2.42. The first kappa shape index (κ1) is 22.1. The fraction of sp³-hybridized carbons (Fsp3) is 0.364. The lowest BCUT2D eigenvalue weighted by molar-refractivity contribution is -0.139. The van der Waals surface area contributed by atoms with Crippen LogP contribution in [0.2, 0.25) is 0 Å². The van der Waals surface area contributed by atoms with Crippen molar-refractivity contribution in [2.24, 2.45) is 0 Å². The van der Waals surface area contributed by atoms with Crippen molar-refractivity contribution in [1.82, 2.24) is 4.90 Å². The van der Waals surface area contributed by atoms with Crippen molar-refractivity contribution in [3.05, 3.63) is 53.0 Å². The molecule has 0 saturated carbocycles. The number of hydrogen-bond donors (Lipinski definition) is 1. The average Bonchev–Trinajstić information content (AvgIpc) is 2.75. The van der Waals surface area contributed by atoms with Crippen LogP contribution in [0.25, 0.3) is 0 Å². The van der Waals surface area contributed by atoms with E-state index in [2.05, 4.69) is 26.1 Å². The summed E-state index contributed by atoms with van der Waals surface area (Å²) in [5, 5.41) is 2.83. The highest BCUT2D eigenvalue weighted by Gasteiger charge is 2.21. The predicted molar refractivity (Wildman–Crippen MR) is 120 cm³/mol. The minimum absolute atomic E-state index is 0.0575. The molecule has 2 amide bonds. The maximum Gasteiger partial charge on any atom is 0.263 e. The Morgan fingerprint density at radius 2 is 1.77 bits per heavy atom. The van der Waals surface area contributed by atoms with Crippen molar-refractivity contribution in [2.45, 2.75) is 13.0 Å². The Kier molecular flexibility index (Phi) is 7.70. The number of hydrogen-bond acceptors (Lipinski definition) is 5. The van der Waals surface area contributed by atoms with Crippen LogP contribution in [0.1, 0.15) is 6.92 Å². The summed E-state index contributed by atoms with van der Waals surface area (Å²) in [4.78, 5) is 28.5. The first-order valence-corrected chi connectivity index (χ1v) is 10.6. The number of likely N-dealkylation sites (N-methyl/N-ethyl adjacent to an activating group) is 1. The number of carbonyl (C=O) groups is 2. The Morgan fingerprint density at radius 1 is 1.13 bits per heavy atom. The molecule has 0 unspecified atom stereocenters. The van der Waals surface area contributed by atoms with Gasteiger partial charge in [0.05, 0.1) is 19.8 Å². The van der Waals surface area contributed by atoms with Gasteiger partial charge in [0.2, 0.25) is 5.91 Å². The van der Waals surface area contributed by atoms with Crippen molar-refractivity contribution >= 4 is 39.1 Å². The van der Waals surface area contributed by atoms with Gasteiger partial charge in [0.15, 0.2) is 6.10 Å². The molecule has 0 aliphatic carbocycles. The summed E-state index contributed by atoms with van der Waals surface area (Å²) < 4.78 is 12.0. The van der Waals surface area contributed by atoms with Gasteiger partial charge >= 0.3 is 0 Å². The molecule has 0 bridgehead atoms. The zero-order valence-electron chi connectivity index (χ0n) is 17.1. The number of nitrogens with one attached hydrogen (secondary N) is 1. The fourth-order valence-corrected chi connectivity index (χ4v) is 3.41. The molecule has 1 fully saturated rings. The van der Waals surface area contributed by atoms with Crippen molar-refractivity contribution < 1.29 is 19.1 Å². The second-order valence-corrected chi connectivity index (χ2v) is 8.02. The number of halogens is 1. The van der Waals surface area contributed by atoms with E-state index in [1.54, 1.807) is 26.1 Å². The van der Waals surface area contributed by atoms with E-state index in [0.717, 1.165) is 36.5 Å². The van der Waals surface area contributed by atoms with Crippen LogP contribution in [0.4, 0.5) is 11.4 Å². The number of amides is 2. The highest BCUT2D eigenvalue weighted by Crippen LogP contribution is 2.19. The second-order valence-electron chi connectivity index (χ2n) is 7.10. The van der Waals surface area contributed by atoms with Gasteiger partial charge in [-0.1, -0.05) is 15.9 Å². The molecule has 160 valence electrons. The molecule has 7 nitrogen and oxygen atoms in total. The van der Waals surface area contributed by atoms with Crippen LogP contribution < -0.4 is 15.0 Å². The summed E-state index contributed by atoms with van der Waals surface area (Å²) >= 11 is 3.36. The van der Waals surface area contributed by atoms with E-state index in [1.165, 1.54) is 4.90 Å². The normalized spacial score (nSPS) is 14.7. The topological polar surface area (TPSA) is 71.1 Å². The molecule has 1 N–H and O–H groups in total. The standard InChI is InChI=1S/C22H26BrN3O4/c1-16(30-20-9-3-17(23)4-10-20)22(28)25(2)15-21(27)24-18-5-7-19(8-6-18)26-11-13-29-14-12-26/h3-10,16H,11-15H2,1-2H3,(H,24,27)/t16-/m0/s1. The molecule has 0 spiro atoms. The highest BCUT2D eigenvalue weighted by atomic mass is 79.9. The monoisotopic (exact) mass is 475 g/mol. The van der Waals surface area contributed by atoms with E-state index in [0.29, 0.717) is 11.4 Å². The molecule has 1 heterocycles. The summed E-state index contributed by atoms with van der Waals surface area (Å²) in [5.74, 6) is 0.0637. The lowest BCUT2D eigenvalue weighted by Gasteiger charge is -2.29. The molecule has 0 radical (unpaired) electrons. The van der Waals surface area contributed by atoms with Crippen molar-refractivity contribution in [1.29, 1.82) is 0 Å². The summed E-state index contributed by atoms with van der Waals surface area (Å²) in [7, 11) is 1.59. The van der Waals surface area contributed by atoms with Gasteiger partial charge in [0, 0.05) is 36.0 Å². The lowest BCUT2D eigenvalue weighted by atomic mass is 10.2. The first-order valence-electron chi connectivity index (χ1n) is 9.82. The molecular formula is C22H26BrN3O4. The van der Waals surface area contributed by atoms with E-state index < -0.39 is 6.10 Å². The Morgan fingerprint density at radius 3 is 2.40 bits per heavy atom. The number of morpholine rings is 1. The van der Waals surface area contributed by atoms with Crippen LogP contribution >= 0.6 is 15.9 Å². The molecule has 1 aliphatic rings. The van der Waals surface area contributed by atoms with E-state index in [9.17, 15) is 9.59 Å². The Labute approximate surface area is 185 Å². The molecule has 8 heteroatoms. The molecule has 2 aromatic carbocycles. The minimum Gasteiger partial charge on any atom is -0.481 e. The number of ether oxygens (including phenoxy) is 2. The van der Waals surface area contributed by atoms with Gasteiger partial charge in [0.25, 0.3) is 5.91 Å². The fourth-order valence-electron chi connectivity index (χ4n) is 3.15. The van der Waals surface area contributed by atoms with Gasteiger partial charge < -0.3 is 24.6 Å². The van der Waals surface area contributed by atoms with Crippen LogP contribution in [0.15, 0.2) is 53.0 Å². The van der Waals surface area contributed by atoms with Crippen molar-refractivity contribution in [2.75, 3.05) is 50.1 Å². The number of benzene rings is 2. The zero-order valence-corrected chi connectivity index (χ0v) is 18.7. The summed E-state index contributed by atoms with van der Waals surface area (Å²) in [6.45, 7) is 4.78. The molecule has 0 aromatic heterocycles. The maximum absolute atomic E-state index is 12.5. The molecule has 3 rings (SSSR count). The summed E-state index contributed by atoms with van der Waals surface area (Å²) in [6.07, 6.45) is -0.697. The third-order valence-corrected chi connectivity index (χ3v) is 5.29. The largest absolute Gasteiger partial charge is 0.481 e. The third kappa shape index (κ3) is 6.21. The van der Waals surface area contributed by atoms with E-state index in [1.807, 2.05) is 36.4 Å². The Balaban J connectivity index is 1.48. The van der Waals surface area contributed by atoms with Crippen LogP contribution in [-0.4, -0.2) is 62.7 Å². The third-order valence-electron chi connectivity index (χ3n) is 4.76. The summed E-state index contributed by atoms with van der Waals surface area (Å²) in [6, 6.07) is 14.9. The highest BCUT2D eigenvalue weighted by molar-refractivity contribution is 9.10. The SMILES string of the molecule is C[C@H](Oc1ccc(Br)cc1)C(=O)N(C)CC(=O)Nc1ccc(N2CCOCC2)cc1. The average molecular weight is 476 g/mol. The number of nitrogens with zero attached hydrogens (tertiary/aromatic N) is 2. The van der Waals surface area contributed by atoms with Crippen LogP contribution in [-0.2, 0) is 14.3 Å². The van der Waals surface area contributed by atoms with Gasteiger partial charge in [-0.3, -0.25) is 9.59 Å². The van der Waals surface area contributed by atoms with Crippen LogP contribution in [0, 0.1) is 0 Å². The molecular weight excluding hydrogens is 450 g/mol. The molecule has 1 saturated heterocycles. The Bertz CT molecular complexity index is 852.